The van der Waals surface area contributed by atoms with E-state index in [1.807, 2.05) is 6.07 Å². The maximum absolute atomic E-state index is 8.94. The molecular formula is C13H24N4O. The third-order valence-corrected chi connectivity index (χ3v) is 2.65. The van der Waals surface area contributed by atoms with Crippen LogP contribution in [0, 0.1) is 0 Å². The molecule has 0 spiro atoms. The van der Waals surface area contributed by atoms with Gasteiger partial charge in [-0.1, -0.05) is 6.92 Å². The highest BCUT2D eigenvalue weighted by Gasteiger charge is 2.12. The van der Waals surface area contributed by atoms with E-state index in [2.05, 4.69) is 41.0 Å². The maximum Gasteiger partial charge on any atom is 0.224 e. The van der Waals surface area contributed by atoms with Gasteiger partial charge in [-0.2, -0.15) is 4.98 Å². The molecule has 0 aliphatic heterocycles. The van der Waals surface area contributed by atoms with E-state index in [4.69, 9.17) is 5.11 Å². The second-order valence-corrected chi connectivity index (χ2v) is 4.53. The molecule has 0 atom stereocenters. The molecule has 0 saturated heterocycles. The number of aliphatic hydroxyl groups is 1. The van der Waals surface area contributed by atoms with Crippen LogP contribution in [0.1, 0.15) is 33.6 Å². The van der Waals surface area contributed by atoms with Crippen molar-refractivity contribution in [2.75, 3.05) is 29.9 Å². The number of hydrogen-bond acceptors (Lipinski definition) is 5. The fourth-order valence-electron chi connectivity index (χ4n) is 1.71. The van der Waals surface area contributed by atoms with Gasteiger partial charge >= 0.3 is 0 Å². The smallest absolute Gasteiger partial charge is 0.224 e. The fraction of sp³-hybridized carbons (Fsp3) is 0.692. The predicted octanol–water partition coefficient (Wildman–Crippen LogP) is 1.90. The van der Waals surface area contributed by atoms with Crippen molar-refractivity contribution in [3.63, 3.8) is 0 Å². The first-order valence-electron chi connectivity index (χ1n) is 6.63. The fourth-order valence-corrected chi connectivity index (χ4v) is 1.71. The number of hydrogen-bond donors (Lipinski definition) is 2. The standard InChI is InChI=1S/C13H24N4O/c1-4-7-14-13-15-8-6-12(16-13)17(11(2)3)9-5-10-18/h6,8,11,18H,4-5,7,9-10H2,1-3H3,(H,14,15,16). The van der Waals surface area contributed by atoms with Crippen LogP contribution in [-0.4, -0.2) is 40.8 Å². The van der Waals surface area contributed by atoms with Crippen molar-refractivity contribution in [1.29, 1.82) is 0 Å². The minimum absolute atomic E-state index is 0.204. The normalized spacial score (nSPS) is 10.7. The van der Waals surface area contributed by atoms with Crippen molar-refractivity contribution < 1.29 is 5.11 Å². The van der Waals surface area contributed by atoms with Gasteiger partial charge in [0.2, 0.25) is 5.95 Å². The van der Waals surface area contributed by atoms with Gasteiger partial charge in [0, 0.05) is 31.9 Å². The van der Waals surface area contributed by atoms with Crippen LogP contribution < -0.4 is 10.2 Å². The molecule has 0 aliphatic carbocycles. The van der Waals surface area contributed by atoms with E-state index in [-0.39, 0.29) is 6.61 Å². The molecule has 2 N–H and O–H groups in total. The van der Waals surface area contributed by atoms with Crippen molar-refractivity contribution in [3.05, 3.63) is 12.3 Å². The number of nitrogens with zero attached hydrogens (tertiary/aromatic N) is 3. The Labute approximate surface area is 109 Å². The topological polar surface area (TPSA) is 61.3 Å². The quantitative estimate of drug-likeness (QED) is 0.740. The lowest BCUT2D eigenvalue weighted by Crippen LogP contribution is -2.33. The first kappa shape index (κ1) is 14.7. The SMILES string of the molecule is CCCNc1nccc(N(CCCO)C(C)C)n1. The Kier molecular flexibility index (Phi) is 6.43. The first-order chi connectivity index (χ1) is 8.69. The zero-order valence-electron chi connectivity index (χ0n) is 11.6. The van der Waals surface area contributed by atoms with Gasteiger partial charge in [0.05, 0.1) is 0 Å². The van der Waals surface area contributed by atoms with Crippen LogP contribution in [0.3, 0.4) is 0 Å². The molecule has 102 valence electrons. The largest absolute Gasteiger partial charge is 0.396 e. The van der Waals surface area contributed by atoms with E-state index in [1.165, 1.54) is 0 Å². The van der Waals surface area contributed by atoms with Gasteiger partial charge in [-0.15, -0.1) is 0 Å². The summed E-state index contributed by atoms with van der Waals surface area (Å²) in [7, 11) is 0. The Morgan fingerprint density at radius 3 is 2.83 bits per heavy atom. The summed E-state index contributed by atoms with van der Waals surface area (Å²) in [5.74, 6) is 1.58. The lowest BCUT2D eigenvalue weighted by molar-refractivity contribution is 0.288. The molecule has 1 heterocycles. The Hall–Kier alpha value is -1.36. The highest BCUT2D eigenvalue weighted by molar-refractivity contribution is 5.43. The number of aromatic nitrogens is 2. The second-order valence-electron chi connectivity index (χ2n) is 4.53. The minimum Gasteiger partial charge on any atom is -0.396 e. The van der Waals surface area contributed by atoms with Gasteiger partial charge in [-0.3, -0.25) is 0 Å². The van der Waals surface area contributed by atoms with Crippen molar-refractivity contribution in [2.24, 2.45) is 0 Å². The minimum atomic E-state index is 0.204. The predicted molar refractivity (Wildman–Crippen MR) is 75.0 cm³/mol. The van der Waals surface area contributed by atoms with E-state index in [0.717, 1.165) is 31.7 Å². The molecule has 0 aromatic carbocycles. The second kappa shape index (κ2) is 7.87. The molecule has 1 rings (SSSR count). The molecule has 0 bridgehead atoms. The van der Waals surface area contributed by atoms with Crippen LogP contribution in [0.25, 0.3) is 0 Å². The summed E-state index contributed by atoms with van der Waals surface area (Å²) in [6.45, 7) is 8.24. The van der Waals surface area contributed by atoms with Crippen LogP contribution >= 0.6 is 0 Å². The molecule has 0 amide bonds. The highest BCUT2D eigenvalue weighted by Crippen LogP contribution is 2.15. The van der Waals surface area contributed by atoms with Crippen molar-refractivity contribution in [3.8, 4) is 0 Å². The third-order valence-electron chi connectivity index (χ3n) is 2.65. The summed E-state index contributed by atoms with van der Waals surface area (Å²) in [4.78, 5) is 10.9. The monoisotopic (exact) mass is 252 g/mol. The van der Waals surface area contributed by atoms with Crippen LogP contribution in [0.2, 0.25) is 0 Å². The molecule has 1 aromatic heterocycles. The van der Waals surface area contributed by atoms with Crippen molar-refractivity contribution >= 4 is 11.8 Å². The maximum atomic E-state index is 8.94. The van der Waals surface area contributed by atoms with E-state index >= 15 is 0 Å². The molecule has 1 aromatic rings. The Bertz CT molecular complexity index is 344. The molecule has 0 saturated carbocycles. The van der Waals surface area contributed by atoms with E-state index < -0.39 is 0 Å². The molecule has 0 radical (unpaired) electrons. The van der Waals surface area contributed by atoms with Crippen molar-refractivity contribution in [2.45, 2.75) is 39.7 Å². The summed E-state index contributed by atoms with van der Waals surface area (Å²) in [5, 5.41) is 12.1. The number of aliphatic hydroxyl groups excluding tert-OH is 1. The lowest BCUT2D eigenvalue weighted by Gasteiger charge is -2.27. The van der Waals surface area contributed by atoms with Crippen LogP contribution in [0.15, 0.2) is 12.3 Å². The Morgan fingerprint density at radius 2 is 2.22 bits per heavy atom. The molecular weight excluding hydrogens is 228 g/mol. The molecule has 5 nitrogen and oxygen atoms in total. The molecule has 0 fully saturated rings. The molecule has 18 heavy (non-hydrogen) atoms. The number of nitrogens with one attached hydrogen (secondary N) is 1. The summed E-state index contributed by atoms with van der Waals surface area (Å²) in [5.41, 5.74) is 0. The highest BCUT2D eigenvalue weighted by atomic mass is 16.3. The van der Waals surface area contributed by atoms with E-state index in [1.54, 1.807) is 6.20 Å². The zero-order valence-corrected chi connectivity index (χ0v) is 11.6. The van der Waals surface area contributed by atoms with Gasteiger partial charge in [-0.25, -0.2) is 4.98 Å². The summed E-state index contributed by atoms with van der Waals surface area (Å²) in [6, 6.07) is 2.26. The van der Waals surface area contributed by atoms with Gasteiger partial charge in [0.25, 0.3) is 0 Å². The Balaban J connectivity index is 2.77. The lowest BCUT2D eigenvalue weighted by atomic mass is 10.3. The first-order valence-corrected chi connectivity index (χ1v) is 6.63. The summed E-state index contributed by atoms with van der Waals surface area (Å²) < 4.78 is 0. The van der Waals surface area contributed by atoms with Crippen LogP contribution in [0.4, 0.5) is 11.8 Å². The molecule has 0 unspecified atom stereocenters. The van der Waals surface area contributed by atoms with Gasteiger partial charge < -0.3 is 15.3 Å². The third kappa shape index (κ3) is 4.49. The van der Waals surface area contributed by atoms with Crippen molar-refractivity contribution in [1.82, 2.24) is 9.97 Å². The average Bonchev–Trinajstić information content (AvgIpc) is 2.37. The van der Waals surface area contributed by atoms with E-state index in [0.29, 0.717) is 12.0 Å². The summed E-state index contributed by atoms with van der Waals surface area (Å²) in [6.07, 6.45) is 3.57. The van der Waals surface area contributed by atoms with Crippen LogP contribution in [0.5, 0.6) is 0 Å². The summed E-state index contributed by atoms with van der Waals surface area (Å²) >= 11 is 0. The van der Waals surface area contributed by atoms with Gasteiger partial charge in [0.15, 0.2) is 0 Å². The van der Waals surface area contributed by atoms with Gasteiger partial charge in [-0.05, 0) is 32.8 Å². The van der Waals surface area contributed by atoms with Crippen LogP contribution in [-0.2, 0) is 0 Å². The number of rotatable bonds is 8. The Morgan fingerprint density at radius 1 is 1.44 bits per heavy atom. The van der Waals surface area contributed by atoms with Gasteiger partial charge in [0.1, 0.15) is 5.82 Å². The molecule has 5 heteroatoms. The average molecular weight is 252 g/mol. The number of anilines is 2. The molecule has 0 aliphatic rings. The van der Waals surface area contributed by atoms with E-state index in [9.17, 15) is 0 Å². The zero-order chi connectivity index (χ0) is 13.4.